The molecule has 0 amide bonds. The summed E-state index contributed by atoms with van der Waals surface area (Å²) in [6.07, 6.45) is -0.233. The Morgan fingerprint density at radius 3 is 2.58 bits per heavy atom. The first kappa shape index (κ1) is 16.6. The molecule has 1 saturated carbocycles. The summed E-state index contributed by atoms with van der Waals surface area (Å²) in [6.45, 7) is 2.14. The van der Waals surface area contributed by atoms with Crippen molar-refractivity contribution < 1.29 is 23.9 Å². The number of nitrogens with one attached hydrogen (secondary N) is 1. The van der Waals surface area contributed by atoms with E-state index in [-0.39, 0.29) is 11.9 Å². The molecule has 8 nitrogen and oxygen atoms in total. The van der Waals surface area contributed by atoms with Crippen molar-refractivity contribution in [3.8, 4) is 23.6 Å². The topological polar surface area (TPSA) is 124 Å². The van der Waals surface area contributed by atoms with E-state index in [9.17, 15) is 10.5 Å². The van der Waals surface area contributed by atoms with Crippen LogP contribution in [0.15, 0.2) is 18.2 Å². The van der Waals surface area contributed by atoms with E-state index in [4.69, 9.17) is 24.7 Å². The molecule has 0 unspecified atom stereocenters. The zero-order valence-corrected chi connectivity index (χ0v) is 14.7. The molecule has 26 heavy (non-hydrogen) atoms. The molecule has 1 aromatic carbocycles. The lowest BCUT2D eigenvalue weighted by Gasteiger charge is -2.24. The quantitative estimate of drug-likeness (QED) is 0.739. The summed E-state index contributed by atoms with van der Waals surface area (Å²) in [6, 6.07) is 9.81. The fraction of sp³-hybridized carbons (Fsp3) is 0.500. The second kappa shape index (κ2) is 5.10. The van der Waals surface area contributed by atoms with Crippen LogP contribution in [-0.2, 0) is 9.47 Å². The lowest BCUT2D eigenvalue weighted by Crippen LogP contribution is -2.90. The molecule has 4 rings (SSSR count). The van der Waals surface area contributed by atoms with Gasteiger partial charge in [-0.2, -0.15) is 10.5 Å². The van der Waals surface area contributed by atoms with Gasteiger partial charge in [0.1, 0.15) is 11.5 Å². The summed E-state index contributed by atoms with van der Waals surface area (Å²) in [5.74, 6) is -0.732. The van der Waals surface area contributed by atoms with Crippen molar-refractivity contribution in [3.05, 3.63) is 23.8 Å². The summed E-state index contributed by atoms with van der Waals surface area (Å²) in [5.41, 5.74) is 4.26. The van der Waals surface area contributed by atoms with Crippen LogP contribution in [-0.4, -0.2) is 38.7 Å². The first-order chi connectivity index (χ1) is 12.5. The van der Waals surface area contributed by atoms with Gasteiger partial charge in [0.25, 0.3) is 5.84 Å². The van der Waals surface area contributed by atoms with Crippen molar-refractivity contribution in [2.45, 2.75) is 24.9 Å². The van der Waals surface area contributed by atoms with Crippen molar-refractivity contribution in [2.75, 3.05) is 20.8 Å². The van der Waals surface area contributed by atoms with Gasteiger partial charge in [-0.25, -0.2) is 4.99 Å². The Morgan fingerprint density at radius 2 is 2.04 bits per heavy atom. The number of methoxy groups -OCH3 is 2. The molecule has 1 saturated heterocycles. The van der Waals surface area contributed by atoms with Crippen molar-refractivity contribution in [2.24, 2.45) is 16.6 Å². The highest BCUT2D eigenvalue weighted by Gasteiger charge is 2.98. The lowest BCUT2D eigenvalue weighted by molar-refractivity contribution is -0.677. The average Bonchev–Trinajstić information content (AvgIpc) is 3.04. The fourth-order valence-electron chi connectivity index (χ4n) is 4.50. The Kier molecular flexibility index (Phi) is 3.27. The third kappa shape index (κ3) is 1.57. The number of nitrogens with zero attached hydrogens (tertiary/aromatic N) is 2. The molecule has 5 atom stereocenters. The van der Waals surface area contributed by atoms with Gasteiger partial charge in [0.2, 0.25) is 0 Å². The predicted molar refractivity (Wildman–Crippen MR) is 87.8 cm³/mol. The lowest BCUT2D eigenvalue weighted by atomic mass is 9.93. The van der Waals surface area contributed by atoms with Crippen LogP contribution in [0.4, 0.5) is 0 Å². The van der Waals surface area contributed by atoms with Gasteiger partial charge < -0.3 is 18.9 Å². The molecule has 1 spiro atoms. The summed E-state index contributed by atoms with van der Waals surface area (Å²) in [4.78, 5) is 2.94. The molecule has 1 aromatic rings. The Hall–Kier alpha value is -2.81. The summed E-state index contributed by atoms with van der Waals surface area (Å²) < 4.78 is 22.6. The van der Waals surface area contributed by atoms with E-state index in [2.05, 4.69) is 17.1 Å². The second-order valence-electron chi connectivity index (χ2n) is 6.78. The number of hydrogen-bond donors (Lipinski definition) is 2. The molecular weight excluding hydrogens is 336 g/mol. The maximum absolute atomic E-state index is 10.2. The smallest absolute Gasteiger partial charge is 0.343 e. The van der Waals surface area contributed by atoms with E-state index in [0.29, 0.717) is 23.7 Å². The Morgan fingerprint density at radius 1 is 1.27 bits per heavy atom. The molecule has 0 aromatic heterocycles. The molecule has 2 heterocycles. The largest absolute Gasteiger partial charge is 0.497 e. The van der Waals surface area contributed by atoms with Gasteiger partial charge in [0.05, 0.1) is 45.0 Å². The fourth-order valence-corrected chi connectivity index (χ4v) is 4.50. The molecule has 3 aliphatic rings. The number of nitriles is 2. The number of rotatable bonds is 3. The molecule has 0 radical (unpaired) electrons. The van der Waals surface area contributed by atoms with Crippen LogP contribution >= 0.6 is 0 Å². The van der Waals surface area contributed by atoms with Gasteiger partial charge in [-0.3, -0.25) is 5.73 Å². The van der Waals surface area contributed by atoms with Gasteiger partial charge >= 0.3 is 5.91 Å². The maximum atomic E-state index is 10.2. The summed E-state index contributed by atoms with van der Waals surface area (Å²) in [5, 5.41) is 20.2. The van der Waals surface area contributed by atoms with Crippen LogP contribution in [0.3, 0.4) is 0 Å². The highest BCUT2D eigenvalue weighted by molar-refractivity contribution is 5.95. The monoisotopic (exact) mass is 355 g/mol. The van der Waals surface area contributed by atoms with Crippen LogP contribution in [0, 0.1) is 33.5 Å². The Balaban J connectivity index is 1.94. The van der Waals surface area contributed by atoms with E-state index in [1.54, 1.807) is 25.3 Å². The molecular formula is C18H19N4O4+. The molecule has 134 valence electrons. The highest BCUT2D eigenvalue weighted by Crippen LogP contribution is 2.80. The first-order valence-corrected chi connectivity index (χ1v) is 8.23. The summed E-state index contributed by atoms with van der Waals surface area (Å²) >= 11 is 0. The van der Waals surface area contributed by atoms with Crippen molar-refractivity contribution in [1.29, 1.82) is 10.5 Å². The van der Waals surface area contributed by atoms with Gasteiger partial charge in [-0.05, 0) is 25.1 Å². The van der Waals surface area contributed by atoms with E-state index in [0.717, 1.165) is 0 Å². The second-order valence-corrected chi connectivity index (χ2v) is 6.78. The Bertz CT molecular complexity index is 903. The van der Waals surface area contributed by atoms with E-state index in [1.807, 2.05) is 6.92 Å². The van der Waals surface area contributed by atoms with Crippen LogP contribution in [0.25, 0.3) is 0 Å². The third-order valence-electron chi connectivity index (χ3n) is 5.64. The van der Waals surface area contributed by atoms with Crippen LogP contribution in [0.5, 0.6) is 11.5 Å². The van der Waals surface area contributed by atoms with Crippen molar-refractivity contribution in [3.63, 3.8) is 0 Å². The minimum atomic E-state index is -1.46. The highest BCUT2D eigenvalue weighted by atomic mass is 16.8. The number of nitrogens with two attached hydrogens (primary N) is 1. The number of fused-ring (bicyclic) bond motifs is 2. The third-order valence-corrected chi connectivity index (χ3v) is 5.64. The van der Waals surface area contributed by atoms with Gasteiger partial charge in [0.15, 0.2) is 10.8 Å². The van der Waals surface area contributed by atoms with Gasteiger partial charge in [-0.1, -0.05) is 0 Å². The minimum absolute atomic E-state index is 0.172. The standard InChI is InChI=1S/C18H18N4O4/c1-10-7-25-18(26-10)17(9-20)14(16(17,8-19)15(21)22-18)12-6-11(23-2)4-5-13(12)24-3/h4-6,10,14H,7H2,1-3H3,(H2,21,22)/p+1/t10-,14-,16-,17-,18-/m1/s1. The Labute approximate surface area is 150 Å². The molecule has 2 aliphatic heterocycles. The molecule has 2 fully saturated rings. The SMILES string of the molecule is COc1ccc(OC)c([C@H]2[C@@]3(C#N)[C@@]4([NH+]=C(N)[C@@]23C#N)OC[C@@H](C)O4)c1. The number of benzene rings is 1. The molecule has 8 heteroatoms. The summed E-state index contributed by atoms with van der Waals surface area (Å²) in [7, 11) is 3.08. The zero-order chi connectivity index (χ0) is 18.7. The van der Waals surface area contributed by atoms with Gasteiger partial charge in [0, 0.05) is 5.56 Å². The van der Waals surface area contributed by atoms with E-state index < -0.39 is 22.7 Å². The zero-order valence-electron chi connectivity index (χ0n) is 14.7. The first-order valence-electron chi connectivity index (χ1n) is 8.23. The maximum Gasteiger partial charge on any atom is 0.343 e. The number of hydrogen-bond acceptors (Lipinski definition) is 7. The number of ether oxygens (including phenoxy) is 4. The molecule has 3 N–H and O–H groups in total. The normalized spacial score (nSPS) is 39.7. The van der Waals surface area contributed by atoms with E-state index >= 15 is 0 Å². The van der Waals surface area contributed by atoms with Crippen LogP contribution < -0.4 is 20.2 Å². The van der Waals surface area contributed by atoms with Crippen molar-refractivity contribution >= 4 is 5.84 Å². The van der Waals surface area contributed by atoms with Crippen LogP contribution in [0.1, 0.15) is 18.4 Å². The van der Waals surface area contributed by atoms with Crippen molar-refractivity contribution in [1.82, 2.24) is 0 Å². The van der Waals surface area contributed by atoms with Gasteiger partial charge in [-0.15, -0.1) is 0 Å². The average molecular weight is 355 g/mol. The predicted octanol–water partition coefficient (Wildman–Crippen LogP) is -0.639. The number of amidine groups is 1. The van der Waals surface area contributed by atoms with E-state index in [1.165, 1.54) is 7.11 Å². The minimum Gasteiger partial charge on any atom is -0.497 e. The molecule has 1 aliphatic carbocycles. The molecule has 0 bridgehead atoms. The van der Waals surface area contributed by atoms with Crippen LogP contribution in [0.2, 0.25) is 0 Å².